The quantitative estimate of drug-likeness (QED) is 0.648. The van der Waals surface area contributed by atoms with Crippen LogP contribution in [0.1, 0.15) is 77.7 Å². The summed E-state index contributed by atoms with van der Waals surface area (Å²) in [6.07, 6.45) is -1.21. The van der Waals surface area contributed by atoms with Gasteiger partial charge in [-0.15, -0.1) is 0 Å². The highest BCUT2D eigenvalue weighted by Gasteiger charge is 2.33. The molecular formula is C20H28O6. The molecule has 1 aromatic carbocycles. The summed E-state index contributed by atoms with van der Waals surface area (Å²) in [6, 6.07) is 7.46. The maximum atomic E-state index is 12.0. The van der Waals surface area contributed by atoms with E-state index in [1.807, 2.05) is 24.3 Å². The largest absolute Gasteiger partial charge is 0.509 e. The van der Waals surface area contributed by atoms with Crippen molar-refractivity contribution in [2.75, 3.05) is 0 Å². The summed E-state index contributed by atoms with van der Waals surface area (Å²) in [7, 11) is 0. The van der Waals surface area contributed by atoms with Crippen molar-refractivity contribution in [1.82, 2.24) is 0 Å². The molecule has 0 fully saturated rings. The highest BCUT2D eigenvalue weighted by Crippen LogP contribution is 2.40. The monoisotopic (exact) mass is 364 g/mol. The molecule has 0 heterocycles. The molecule has 1 aliphatic carbocycles. The maximum absolute atomic E-state index is 12.0. The number of fused-ring (bicyclic) bond motifs is 1. The molecule has 1 aliphatic rings. The van der Waals surface area contributed by atoms with Crippen molar-refractivity contribution < 1.29 is 28.5 Å². The van der Waals surface area contributed by atoms with Crippen molar-refractivity contribution in [3.63, 3.8) is 0 Å². The highest BCUT2D eigenvalue weighted by molar-refractivity contribution is 5.62. The number of carbonyl (C=O) groups excluding carboxylic acids is 2. The van der Waals surface area contributed by atoms with Crippen LogP contribution in [-0.4, -0.2) is 23.5 Å². The van der Waals surface area contributed by atoms with Crippen LogP contribution in [0.15, 0.2) is 24.3 Å². The summed E-state index contributed by atoms with van der Waals surface area (Å²) in [6.45, 7) is 10.7. The molecule has 0 saturated carbocycles. The van der Waals surface area contributed by atoms with Crippen molar-refractivity contribution in [2.24, 2.45) is 0 Å². The van der Waals surface area contributed by atoms with Gasteiger partial charge in [0.1, 0.15) is 23.4 Å². The van der Waals surface area contributed by atoms with Gasteiger partial charge in [0.15, 0.2) is 0 Å². The summed E-state index contributed by atoms with van der Waals surface area (Å²) in [5.74, 6) is 0. The third-order valence-electron chi connectivity index (χ3n) is 3.64. The van der Waals surface area contributed by atoms with Gasteiger partial charge in [-0.3, -0.25) is 0 Å². The van der Waals surface area contributed by atoms with E-state index >= 15 is 0 Å². The van der Waals surface area contributed by atoms with Gasteiger partial charge < -0.3 is 18.9 Å². The first-order chi connectivity index (χ1) is 11.9. The molecule has 0 radical (unpaired) electrons. The van der Waals surface area contributed by atoms with E-state index in [1.165, 1.54) is 0 Å². The number of hydrogen-bond donors (Lipinski definition) is 0. The van der Waals surface area contributed by atoms with Crippen LogP contribution in [0, 0.1) is 0 Å². The van der Waals surface area contributed by atoms with E-state index in [1.54, 1.807) is 41.5 Å². The third kappa shape index (κ3) is 5.93. The molecule has 144 valence electrons. The third-order valence-corrected chi connectivity index (χ3v) is 3.64. The van der Waals surface area contributed by atoms with Gasteiger partial charge in [-0.05, 0) is 65.5 Å². The number of carbonyl (C=O) groups is 2. The second-order valence-corrected chi connectivity index (χ2v) is 8.35. The molecule has 0 aliphatic heterocycles. The molecule has 6 nitrogen and oxygen atoms in total. The molecule has 2 unspecified atom stereocenters. The van der Waals surface area contributed by atoms with Crippen LogP contribution >= 0.6 is 0 Å². The van der Waals surface area contributed by atoms with Crippen molar-refractivity contribution in [2.45, 2.75) is 77.8 Å². The summed E-state index contributed by atoms with van der Waals surface area (Å²) in [4.78, 5) is 24.0. The fourth-order valence-corrected chi connectivity index (χ4v) is 2.74. The van der Waals surface area contributed by atoms with Gasteiger partial charge in [0.25, 0.3) is 0 Å². The second kappa shape index (κ2) is 7.56. The van der Waals surface area contributed by atoms with Gasteiger partial charge in [0.05, 0.1) is 0 Å². The lowest BCUT2D eigenvalue weighted by Gasteiger charge is -2.31. The molecule has 0 N–H and O–H groups in total. The Morgan fingerprint density at radius 2 is 1.12 bits per heavy atom. The Morgan fingerprint density at radius 1 is 0.769 bits per heavy atom. The van der Waals surface area contributed by atoms with E-state index in [4.69, 9.17) is 18.9 Å². The van der Waals surface area contributed by atoms with E-state index in [-0.39, 0.29) is 0 Å². The molecule has 26 heavy (non-hydrogen) atoms. The summed E-state index contributed by atoms with van der Waals surface area (Å²) >= 11 is 0. The van der Waals surface area contributed by atoms with Crippen molar-refractivity contribution in [3.05, 3.63) is 35.4 Å². The molecule has 1 aromatic rings. The van der Waals surface area contributed by atoms with Crippen molar-refractivity contribution >= 4 is 12.3 Å². The van der Waals surface area contributed by atoms with Crippen LogP contribution in [0.5, 0.6) is 0 Å². The topological polar surface area (TPSA) is 71.1 Å². The minimum absolute atomic E-state index is 0.431. The van der Waals surface area contributed by atoms with E-state index < -0.39 is 35.7 Å². The SMILES string of the molecule is CC(C)(C)OC(=O)OC1CCC(OC(=O)OC(C)(C)C)c2ccccc21. The van der Waals surface area contributed by atoms with Crippen LogP contribution < -0.4 is 0 Å². The van der Waals surface area contributed by atoms with Gasteiger partial charge in [-0.2, -0.15) is 0 Å². The smallest absolute Gasteiger partial charge is 0.429 e. The first-order valence-electron chi connectivity index (χ1n) is 8.83. The Bertz CT molecular complexity index is 596. The second-order valence-electron chi connectivity index (χ2n) is 8.35. The van der Waals surface area contributed by atoms with Crippen LogP contribution in [0.3, 0.4) is 0 Å². The Morgan fingerprint density at radius 3 is 1.42 bits per heavy atom. The first-order valence-corrected chi connectivity index (χ1v) is 8.83. The fourth-order valence-electron chi connectivity index (χ4n) is 2.74. The van der Waals surface area contributed by atoms with E-state index in [0.717, 1.165) is 11.1 Å². The fraction of sp³-hybridized carbons (Fsp3) is 0.600. The molecule has 2 atom stereocenters. The van der Waals surface area contributed by atoms with Crippen LogP contribution in [0.4, 0.5) is 9.59 Å². The number of benzene rings is 1. The Labute approximate surface area is 154 Å². The van der Waals surface area contributed by atoms with Crippen LogP contribution in [0.25, 0.3) is 0 Å². The van der Waals surface area contributed by atoms with Crippen molar-refractivity contribution in [3.8, 4) is 0 Å². The zero-order chi connectivity index (χ0) is 19.5. The van der Waals surface area contributed by atoms with Gasteiger partial charge in [0.2, 0.25) is 0 Å². The summed E-state index contributed by atoms with van der Waals surface area (Å²) in [5, 5.41) is 0. The molecule has 6 heteroatoms. The molecule has 0 saturated heterocycles. The standard InChI is InChI=1S/C20H28O6/c1-19(2,3)25-17(21)23-15-11-12-16(14-10-8-7-9-13(14)15)24-18(22)26-20(4,5)6/h7-10,15-16H,11-12H2,1-6H3. The number of ether oxygens (including phenoxy) is 4. The highest BCUT2D eigenvalue weighted by atomic mass is 16.7. The Hall–Kier alpha value is -2.24. The van der Waals surface area contributed by atoms with Crippen LogP contribution in [-0.2, 0) is 18.9 Å². The van der Waals surface area contributed by atoms with Crippen molar-refractivity contribution in [1.29, 1.82) is 0 Å². The molecule has 0 amide bonds. The molecular weight excluding hydrogens is 336 g/mol. The lowest BCUT2D eigenvalue weighted by Crippen LogP contribution is -2.29. The van der Waals surface area contributed by atoms with E-state index in [2.05, 4.69) is 0 Å². The first kappa shape index (κ1) is 20.1. The zero-order valence-electron chi connectivity index (χ0n) is 16.3. The normalized spacial score (nSPS) is 19.9. The van der Waals surface area contributed by atoms with Gasteiger partial charge >= 0.3 is 12.3 Å². The summed E-state index contributed by atoms with van der Waals surface area (Å²) in [5.41, 5.74) is 0.401. The predicted molar refractivity (Wildman–Crippen MR) is 95.8 cm³/mol. The molecule has 0 aromatic heterocycles. The predicted octanol–water partition coefficient (Wildman–Crippen LogP) is 5.47. The Kier molecular flexibility index (Phi) is 5.84. The maximum Gasteiger partial charge on any atom is 0.509 e. The molecule has 2 rings (SSSR count). The number of rotatable bonds is 2. The Balaban J connectivity index is 2.10. The lowest BCUT2D eigenvalue weighted by atomic mass is 9.87. The van der Waals surface area contributed by atoms with Gasteiger partial charge in [-0.1, -0.05) is 24.3 Å². The zero-order valence-corrected chi connectivity index (χ0v) is 16.3. The average molecular weight is 364 g/mol. The van der Waals surface area contributed by atoms with Crippen LogP contribution in [0.2, 0.25) is 0 Å². The molecule has 0 bridgehead atoms. The van der Waals surface area contributed by atoms with Gasteiger partial charge in [0, 0.05) is 0 Å². The van der Waals surface area contributed by atoms with E-state index in [0.29, 0.717) is 12.8 Å². The van der Waals surface area contributed by atoms with E-state index in [9.17, 15) is 9.59 Å². The average Bonchev–Trinajstić information content (AvgIpc) is 2.46. The lowest BCUT2D eigenvalue weighted by molar-refractivity contribution is -0.0496. The minimum atomic E-state index is -0.705. The summed E-state index contributed by atoms with van der Waals surface area (Å²) < 4.78 is 21.5. The minimum Gasteiger partial charge on any atom is -0.429 e. The molecule has 0 spiro atoms. The van der Waals surface area contributed by atoms with Gasteiger partial charge in [-0.25, -0.2) is 9.59 Å². The number of hydrogen-bond acceptors (Lipinski definition) is 6.